The smallest absolute Gasteiger partial charge is 0.219 e. The van der Waals surface area contributed by atoms with Crippen LogP contribution in [0, 0.1) is 0 Å². The Morgan fingerprint density at radius 2 is 1.42 bits per heavy atom. The molecule has 19 heavy (non-hydrogen) atoms. The van der Waals surface area contributed by atoms with E-state index in [4.69, 9.17) is 10.5 Å². The second kappa shape index (κ2) is 15.4. The topological polar surface area (TPSA) is 64.3 Å². The summed E-state index contributed by atoms with van der Waals surface area (Å²) in [4.78, 5) is 10.5. The minimum Gasteiger partial charge on any atom is -0.381 e. The van der Waals surface area contributed by atoms with Crippen LogP contribution in [0.1, 0.15) is 64.2 Å². The molecule has 0 aliphatic heterocycles. The summed E-state index contributed by atoms with van der Waals surface area (Å²) in [5.41, 5.74) is 5.02. The number of amides is 1. The summed E-state index contributed by atoms with van der Waals surface area (Å²) in [6, 6.07) is 0. The first kappa shape index (κ1) is 18.4. The maximum Gasteiger partial charge on any atom is 0.219 e. The molecule has 1 amide bonds. The van der Waals surface area contributed by atoms with Crippen molar-refractivity contribution >= 4 is 5.91 Å². The van der Waals surface area contributed by atoms with Gasteiger partial charge in [-0.25, -0.2) is 0 Å². The first-order chi connectivity index (χ1) is 9.27. The lowest BCUT2D eigenvalue weighted by molar-refractivity contribution is -0.119. The third kappa shape index (κ3) is 17.4. The molecule has 0 fully saturated rings. The molecule has 0 atom stereocenters. The predicted molar refractivity (Wildman–Crippen MR) is 80.1 cm³/mol. The predicted octanol–water partition coefficient (Wildman–Crippen LogP) is 2.61. The standard InChI is InChI=1S/C15H32N2O2/c1-17-12-9-7-5-3-2-4-6-8-10-13-19-14-11-15(16)18/h17H,2-14H2,1H3,(H2,16,18). The van der Waals surface area contributed by atoms with Gasteiger partial charge in [0.05, 0.1) is 6.61 Å². The summed E-state index contributed by atoms with van der Waals surface area (Å²) in [5, 5.41) is 3.18. The molecular weight excluding hydrogens is 240 g/mol. The molecule has 0 aromatic carbocycles. The lowest BCUT2D eigenvalue weighted by Gasteiger charge is -2.04. The van der Waals surface area contributed by atoms with Gasteiger partial charge in [-0.15, -0.1) is 0 Å². The molecule has 0 saturated heterocycles. The highest BCUT2D eigenvalue weighted by molar-refractivity contribution is 5.73. The van der Waals surface area contributed by atoms with Crippen LogP contribution in [0.4, 0.5) is 0 Å². The Morgan fingerprint density at radius 1 is 0.895 bits per heavy atom. The summed E-state index contributed by atoms with van der Waals surface area (Å²) in [7, 11) is 2.01. The van der Waals surface area contributed by atoms with Crippen LogP contribution in [-0.4, -0.2) is 32.7 Å². The number of ether oxygens (including phenoxy) is 1. The number of unbranched alkanes of at least 4 members (excludes halogenated alkanes) is 8. The summed E-state index contributed by atoms with van der Waals surface area (Å²) in [6.45, 7) is 2.38. The third-order valence-corrected chi connectivity index (χ3v) is 3.21. The fourth-order valence-corrected chi connectivity index (χ4v) is 2.02. The lowest BCUT2D eigenvalue weighted by Crippen LogP contribution is -2.13. The molecule has 0 radical (unpaired) electrons. The van der Waals surface area contributed by atoms with E-state index in [-0.39, 0.29) is 5.91 Å². The first-order valence-electron chi connectivity index (χ1n) is 7.78. The van der Waals surface area contributed by atoms with Gasteiger partial charge in [-0.1, -0.05) is 44.9 Å². The average molecular weight is 272 g/mol. The highest BCUT2D eigenvalue weighted by Crippen LogP contribution is 2.09. The Morgan fingerprint density at radius 3 is 1.95 bits per heavy atom. The van der Waals surface area contributed by atoms with Crippen LogP contribution in [0.5, 0.6) is 0 Å². The van der Waals surface area contributed by atoms with Crippen molar-refractivity contribution in [2.75, 3.05) is 26.8 Å². The van der Waals surface area contributed by atoms with Crippen molar-refractivity contribution in [2.24, 2.45) is 5.73 Å². The molecule has 0 saturated carbocycles. The normalized spacial score (nSPS) is 10.8. The van der Waals surface area contributed by atoms with E-state index in [0.717, 1.165) is 19.6 Å². The van der Waals surface area contributed by atoms with Crippen molar-refractivity contribution in [3.05, 3.63) is 0 Å². The Hall–Kier alpha value is -0.610. The molecule has 0 aliphatic rings. The van der Waals surface area contributed by atoms with E-state index >= 15 is 0 Å². The fourth-order valence-electron chi connectivity index (χ4n) is 2.02. The van der Waals surface area contributed by atoms with Gasteiger partial charge in [-0.05, 0) is 26.4 Å². The summed E-state index contributed by atoms with van der Waals surface area (Å²) >= 11 is 0. The van der Waals surface area contributed by atoms with Crippen molar-refractivity contribution in [2.45, 2.75) is 64.2 Å². The van der Waals surface area contributed by atoms with Gasteiger partial charge in [0, 0.05) is 13.0 Å². The van der Waals surface area contributed by atoms with Crippen molar-refractivity contribution in [3.8, 4) is 0 Å². The highest BCUT2D eigenvalue weighted by atomic mass is 16.5. The number of hydrogen-bond acceptors (Lipinski definition) is 3. The van der Waals surface area contributed by atoms with Gasteiger partial charge in [-0.3, -0.25) is 4.79 Å². The molecule has 0 spiro atoms. The van der Waals surface area contributed by atoms with Crippen molar-refractivity contribution in [1.82, 2.24) is 5.32 Å². The maximum absolute atomic E-state index is 10.5. The van der Waals surface area contributed by atoms with Crippen LogP contribution in [-0.2, 0) is 9.53 Å². The Kier molecular flexibility index (Phi) is 15.0. The average Bonchev–Trinajstić information content (AvgIpc) is 2.39. The zero-order chi connectivity index (χ0) is 14.2. The quantitative estimate of drug-likeness (QED) is 0.450. The van der Waals surface area contributed by atoms with Crippen molar-refractivity contribution < 1.29 is 9.53 Å². The van der Waals surface area contributed by atoms with Gasteiger partial charge >= 0.3 is 0 Å². The largest absolute Gasteiger partial charge is 0.381 e. The molecule has 0 heterocycles. The van der Waals surface area contributed by atoms with Crippen LogP contribution in [0.15, 0.2) is 0 Å². The highest BCUT2D eigenvalue weighted by Gasteiger charge is 1.95. The van der Waals surface area contributed by atoms with Gasteiger partial charge in [0.1, 0.15) is 0 Å². The molecule has 0 aliphatic carbocycles. The van der Waals surface area contributed by atoms with Gasteiger partial charge in [-0.2, -0.15) is 0 Å². The van der Waals surface area contributed by atoms with Gasteiger partial charge in [0.2, 0.25) is 5.91 Å². The number of carbonyl (C=O) groups excluding carboxylic acids is 1. The van der Waals surface area contributed by atoms with E-state index in [0.29, 0.717) is 13.0 Å². The molecule has 0 aromatic rings. The van der Waals surface area contributed by atoms with Crippen LogP contribution in [0.3, 0.4) is 0 Å². The monoisotopic (exact) mass is 272 g/mol. The maximum atomic E-state index is 10.5. The van der Waals surface area contributed by atoms with Gasteiger partial charge < -0.3 is 15.8 Å². The zero-order valence-electron chi connectivity index (χ0n) is 12.6. The van der Waals surface area contributed by atoms with E-state index in [2.05, 4.69) is 5.32 Å². The summed E-state index contributed by atoms with van der Waals surface area (Å²) < 4.78 is 5.32. The van der Waals surface area contributed by atoms with Crippen molar-refractivity contribution in [3.63, 3.8) is 0 Å². The number of carbonyl (C=O) groups is 1. The molecular formula is C15H32N2O2. The molecule has 0 bridgehead atoms. The van der Waals surface area contributed by atoms with Crippen LogP contribution in [0.25, 0.3) is 0 Å². The summed E-state index contributed by atoms with van der Waals surface area (Å²) in [6.07, 6.45) is 12.1. The minimum atomic E-state index is -0.283. The minimum absolute atomic E-state index is 0.283. The van der Waals surface area contributed by atoms with E-state index < -0.39 is 0 Å². The van der Waals surface area contributed by atoms with Gasteiger partial charge in [0.15, 0.2) is 0 Å². The molecule has 0 aromatic heterocycles. The Bertz CT molecular complexity index is 199. The molecule has 3 N–H and O–H groups in total. The van der Waals surface area contributed by atoms with Crippen molar-refractivity contribution in [1.29, 1.82) is 0 Å². The molecule has 4 nitrogen and oxygen atoms in total. The number of rotatable bonds is 15. The molecule has 4 heteroatoms. The third-order valence-electron chi connectivity index (χ3n) is 3.21. The van der Waals surface area contributed by atoms with Crippen LogP contribution >= 0.6 is 0 Å². The fraction of sp³-hybridized carbons (Fsp3) is 0.933. The number of primary amides is 1. The number of hydrogen-bond donors (Lipinski definition) is 2. The summed E-state index contributed by atoms with van der Waals surface area (Å²) in [5.74, 6) is -0.283. The Balaban J connectivity index is 2.93. The van der Waals surface area contributed by atoms with E-state index in [1.165, 1.54) is 51.4 Å². The van der Waals surface area contributed by atoms with E-state index in [9.17, 15) is 4.79 Å². The van der Waals surface area contributed by atoms with E-state index in [1.807, 2.05) is 7.05 Å². The Labute approximate surface area is 118 Å². The van der Waals surface area contributed by atoms with Gasteiger partial charge in [0.25, 0.3) is 0 Å². The number of nitrogens with one attached hydrogen (secondary N) is 1. The molecule has 114 valence electrons. The second-order valence-corrected chi connectivity index (χ2v) is 5.11. The first-order valence-corrected chi connectivity index (χ1v) is 7.78. The zero-order valence-corrected chi connectivity index (χ0v) is 12.6. The van der Waals surface area contributed by atoms with Crippen LogP contribution in [0.2, 0.25) is 0 Å². The lowest BCUT2D eigenvalue weighted by atomic mass is 10.1. The number of nitrogens with two attached hydrogens (primary N) is 1. The van der Waals surface area contributed by atoms with E-state index in [1.54, 1.807) is 0 Å². The SMILES string of the molecule is CNCCCCCCCCCCCOCCC(N)=O. The molecule has 0 unspecified atom stereocenters. The second-order valence-electron chi connectivity index (χ2n) is 5.11. The molecule has 0 rings (SSSR count). The van der Waals surface area contributed by atoms with Crippen LogP contribution < -0.4 is 11.1 Å².